The number of anilines is 1. The monoisotopic (exact) mass is 376 g/mol. The molecule has 1 N–H and O–H groups in total. The second-order valence-electron chi connectivity index (χ2n) is 6.82. The van der Waals surface area contributed by atoms with Gasteiger partial charge in [-0.25, -0.2) is 13.8 Å². The number of halogens is 2. The van der Waals surface area contributed by atoms with E-state index in [1.807, 2.05) is 0 Å². The van der Waals surface area contributed by atoms with Gasteiger partial charge in [0, 0.05) is 31.6 Å². The van der Waals surface area contributed by atoms with Crippen molar-refractivity contribution in [3.8, 4) is 17.1 Å². The highest BCUT2D eigenvalue weighted by atomic mass is 19.1. The number of carboxylic acid groups (broad SMARTS) is 1. The van der Waals surface area contributed by atoms with Crippen molar-refractivity contribution in [3.05, 3.63) is 42.0 Å². The number of pyridine rings is 1. The van der Waals surface area contributed by atoms with Crippen molar-refractivity contribution in [2.45, 2.75) is 25.7 Å². The van der Waals surface area contributed by atoms with Gasteiger partial charge in [-0.15, -0.1) is 0 Å². The molecule has 1 saturated carbocycles. The number of ether oxygens (including phenoxy) is 1. The predicted molar refractivity (Wildman–Crippen MR) is 97.9 cm³/mol. The van der Waals surface area contributed by atoms with Crippen LogP contribution in [-0.4, -0.2) is 36.3 Å². The Kier molecular flexibility index (Phi) is 5.88. The number of nitrogens with zero attached hydrogens (tertiary/aromatic N) is 2. The Labute approximate surface area is 156 Å². The first-order valence-electron chi connectivity index (χ1n) is 8.96. The summed E-state index contributed by atoms with van der Waals surface area (Å²) in [4.78, 5) is 16.3. The summed E-state index contributed by atoms with van der Waals surface area (Å²) in [6.45, 7) is 0.849. The Morgan fingerprint density at radius 1 is 1.30 bits per heavy atom. The summed E-state index contributed by atoms with van der Waals surface area (Å²) in [6, 6.07) is 7.61. The number of hydrogen-bond donors (Lipinski definition) is 1. The molecule has 5 nitrogen and oxygen atoms in total. The molecule has 2 aromatic rings. The van der Waals surface area contributed by atoms with Gasteiger partial charge in [-0.05, 0) is 43.4 Å². The molecule has 1 aliphatic rings. The molecule has 1 aromatic heterocycles. The maximum Gasteiger partial charge on any atom is 0.303 e. The Morgan fingerprint density at radius 3 is 2.63 bits per heavy atom. The summed E-state index contributed by atoms with van der Waals surface area (Å²) >= 11 is 0. The number of aromatic nitrogens is 1. The fraction of sp³-hybridized carbons (Fsp3) is 0.400. The molecular weight excluding hydrogens is 354 g/mol. The van der Waals surface area contributed by atoms with Crippen LogP contribution in [0, 0.1) is 17.6 Å². The second-order valence-corrected chi connectivity index (χ2v) is 6.82. The average Bonchev–Trinajstić information content (AvgIpc) is 3.43. The largest absolute Gasteiger partial charge is 0.481 e. The van der Waals surface area contributed by atoms with Crippen LogP contribution in [0.25, 0.3) is 11.3 Å². The first-order valence-corrected chi connectivity index (χ1v) is 8.96. The van der Waals surface area contributed by atoms with E-state index >= 15 is 0 Å². The zero-order valence-corrected chi connectivity index (χ0v) is 15.1. The highest BCUT2D eigenvalue weighted by Crippen LogP contribution is 2.31. The van der Waals surface area contributed by atoms with Gasteiger partial charge in [0.2, 0.25) is 5.88 Å². The number of carbonyl (C=O) groups is 1. The third kappa shape index (κ3) is 5.15. The van der Waals surface area contributed by atoms with Crippen LogP contribution in [0.2, 0.25) is 0 Å². The average molecular weight is 376 g/mol. The van der Waals surface area contributed by atoms with Crippen LogP contribution in [0.5, 0.6) is 5.88 Å². The van der Waals surface area contributed by atoms with Crippen molar-refractivity contribution in [3.63, 3.8) is 0 Å². The van der Waals surface area contributed by atoms with Gasteiger partial charge in [0.25, 0.3) is 0 Å². The minimum absolute atomic E-state index is 0.0524. The zero-order valence-electron chi connectivity index (χ0n) is 15.1. The van der Waals surface area contributed by atoms with Crippen LogP contribution in [0.4, 0.5) is 14.5 Å². The Morgan fingerprint density at radius 2 is 2.00 bits per heavy atom. The van der Waals surface area contributed by atoms with Crippen molar-refractivity contribution in [1.82, 2.24) is 4.98 Å². The molecule has 1 heterocycles. The summed E-state index contributed by atoms with van der Waals surface area (Å²) < 4.78 is 34.7. The first-order chi connectivity index (χ1) is 12.9. The topological polar surface area (TPSA) is 62.7 Å². The fourth-order valence-corrected chi connectivity index (χ4v) is 2.80. The first kappa shape index (κ1) is 19.1. The molecule has 0 saturated heterocycles. The summed E-state index contributed by atoms with van der Waals surface area (Å²) in [5.41, 5.74) is 0.580. The molecule has 3 rings (SSSR count). The Balaban J connectivity index is 1.75. The van der Waals surface area contributed by atoms with Crippen LogP contribution in [0.1, 0.15) is 25.7 Å². The zero-order chi connectivity index (χ0) is 19.4. The second kappa shape index (κ2) is 8.33. The van der Waals surface area contributed by atoms with Gasteiger partial charge in [0.05, 0.1) is 12.3 Å². The third-order valence-corrected chi connectivity index (χ3v) is 4.47. The van der Waals surface area contributed by atoms with E-state index in [2.05, 4.69) is 4.98 Å². The molecule has 144 valence electrons. The molecule has 1 fully saturated rings. The number of rotatable bonds is 9. The van der Waals surface area contributed by atoms with Crippen molar-refractivity contribution in [2.75, 3.05) is 25.1 Å². The molecule has 0 radical (unpaired) electrons. The van der Waals surface area contributed by atoms with E-state index in [1.165, 1.54) is 24.1 Å². The van der Waals surface area contributed by atoms with Gasteiger partial charge in [0.1, 0.15) is 17.3 Å². The molecule has 0 unspecified atom stereocenters. The van der Waals surface area contributed by atoms with Crippen molar-refractivity contribution < 1.29 is 23.4 Å². The van der Waals surface area contributed by atoms with Crippen LogP contribution < -0.4 is 9.64 Å². The molecule has 1 aromatic carbocycles. The molecule has 1 aliphatic carbocycles. The highest BCUT2D eigenvalue weighted by molar-refractivity contribution is 5.67. The lowest BCUT2D eigenvalue weighted by molar-refractivity contribution is -0.137. The molecule has 0 aliphatic heterocycles. The lowest BCUT2D eigenvalue weighted by atomic mass is 10.1. The van der Waals surface area contributed by atoms with Crippen molar-refractivity contribution in [2.24, 2.45) is 5.92 Å². The molecule has 27 heavy (non-hydrogen) atoms. The van der Waals surface area contributed by atoms with Crippen molar-refractivity contribution in [1.29, 1.82) is 0 Å². The van der Waals surface area contributed by atoms with Gasteiger partial charge >= 0.3 is 5.97 Å². The molecule has 0 atom stereocenters. The molecular formula is C20H22F2N2O3. The highest BCUT2D eigenvalue weighted by Gasteiger charge is 2.22. The molecule has 0 spiro atoms. The Hall–Kier alpha value is -2.70. The van der Waals surface area contributed by atoms with Gasteiger partial charge < -0.3 is 14.7 Å². The van der Waals surface area contributed by atoms with Crippen molar-refractivity contribution >= 4 is 11.7 Å². The maximum absolute atomic E-state index is 14.5. The van der Waals surface area contributed by atoms with E-state index in [-0.39, 0.29) is 18.7 Å². The van der Waals surface area contributed by atoms with E-state index in [1.54, 1.807) is 18.2 Å². The van der Waals surface area contributed by atoms with Gasteiger partial charge in [-0.2, -0.15) is 0 Å². The van der Waals surface area contributed by atoms with Crippen LogP contribution in [-0.2, 0) is 4.79 Å². The van der Waals surface area contributed by atoms with E-state index in [0.717, 1.165) is 12.8 Å². The normalized spacial score (nSPS) is 13.4. The van der Waals surface area contributed by atoms with E-state index in [4.69, 9.17) is 9.84 Å². The fourth-order valence-electron chi connectivity index (χ4n) is 2.80. The van der Waals surface area contributed by atoms with Gasteiger partial charge in [-0.1, -0.05) is 6.07 Å². The Bertz CT molecular complexity index is 802. The molecule has 0 amide bonds. The third-order valence-electron chi connectivity index (χ3n) is 4.47. The molecule has 7 heteroatoms. The molecule has 0 bridgehead atoms. The van der Waals surface area contributed by atoms with E-state index < -0.39 is 17.6 Å². The number of carboxylic acids is 1. The standard InChI is InChI=1S/C20H22F2N2O3/c1-24(9-3-6-19(25)26)20-15(21)10-14(11-16(20)22)17-4-2-5-18(23-17)27-12-13-7-8-13/h2,4-5,10-11,13H,3,6-9,12H2,1H3,(H,25,26). The summed E-state index contributed by atoms with van der Waals surface area (Å²) in [7, 11) is 1.54. The number of hydrogen-bond acceptors (Lipinski definition) is 4. The summed E-state index contributed by atoms with van der Waals surface area (Å²) in [6.07, 6.45) is 2.58. The van der Waals surface area contributed by atoms with Gasteiger partial charge in [0.15, 0.2) is 0 Å². The number of aliphatic carboxylic acids is 1. The van der Waals surface area contributed by atoms with Crippen LogP contribution in [0.15, 0.2) is 30.3 Å². The quantitative estimate of drug-likeness (QED) is 0.713. The van der Waals surface area contributed by atoms with Crippen LogP contribution in [0.3, 0.4) is 0 Å². The summed E-state index contributed by atoms with van der Waals surface area (Å²) in [5.74, 6) is -1.34. The van der Waals surface area contributed by atoms with Crippen LogP contribution >= 0.6 is 0 Å². The van der Waals surface area contributed by atoms with E-state index in [9.17, 15) is 13.6 Å². The predicted octanol–water partition coefficient (Wildman–Crippen LogP) is 4.12. The summed E-state index contributed by atoms with van der Waals surface area (Å²) in [5, 5.41) is 8.68. The minimum Gasteiger partial charge on any atom is -0.481 e. The minimum atomic E-state index is -0.936. The SMILES string of the molecule is CN(CCCC(=O)O)c1c(F)cc(-c2cccc(OCC3CC3)n2)cc1F. The lowest BCUT2D eigenvalue weighted by Crippen LogP contribution is -2.22. The van der Waals surface area contributed by atoms with Gasteiger partial charge in [-0.3, -0.25) is 4.79 Å². The lowest BCUT2D eigenvalue weighted by Gasteiger charge is -2.21. The number of benzene rings is 1. The maximum atomic E-state index is 14.5. The smallest absolute Gasteiger partial charge is 0.303 e. The van der Waals surface area contributed by atoms with E-state index in [0.29, 0.717) is 36.1 Å².